The van der Waals surface area contributed by atoms with Crippen LogP contribution in [-0.4, -0.2) is 17.7 Å². The van der Waals surface area contributed by atoms with Crippen LogP contribution in [0.25, 0.3) is 0 Å². The fourth-order valence-electron chi connectivity index (χ4n) is 1.28. The Bertz CT molecular complexity index is 393. The van der Waals surface area contributed by atoms with Crippen molar-refractivity contribution in [2.24, 2.45) is 0 Å². The molecule has 5 heteroatoms. The van der Waals surface area contributed by atoms with Crippen molar-refractivity contribution in [2.75, 3.05) is 6.61 Å². The van der Waals surface area contributed by atoms with Gasteiger partial charge < -0.3 is 9.84 Å². The largest absolute Gasteiger partial charge is 0.489 e. The molecular formula is C11H12ClFO3. The van der Waals surface area contributed by atoms with Gasteiger partial charge in [0.2, 0.25) is 0 Å². The molecule has 0 fully saturated rings. The topological polar surface area (TPSA) is 46.5 Å². The van der Waals surface area contributed by atoms with Crippen LogP contribution in [0.3, 0.4) is 0 Å². The summed E-state index contributed by atoms with van der Waals surface area (Å²) in [5.74, 6) is -1.55. The van der Waals surface area contributed by atoms with Gasteiger partial charge in [-0.3, -0.25) is 4.79 Å². The number of carboxylic acids is 1. The molecule has 1 rings (SSSR count). The molecule has 0 amide bonds. The Kier molecular flexibility index (Phi) is 4.55. The zero-order chi connectivity index (χ0) is 12.1. The molecule has 0 heterocycles. The van der Waals surface area contributed by atoms with Crippen LogP contribution in [0.4, 0.5) is 4.39 Å². The average molecular weight is 247 g/mol. The minimum Gasteiger partial charge on any atom is -0.489 e. The highest BCUT2D eigenvalue weighted by Crippen LogP contribution is 2.30. The molecule has 0 bridgehead atoms. The van der Waals surface area contributed by atoms with Crippen molar-refractivity contribution in [2.45, 2.75) is 19.8 Å². The summed E-state index contributed by atoms with van der Waals surface area (Å²) in [7, 11) is 0. The van der Waals surface area contributed by atoms with Crippen molar-refractivity contribution in [3.63, 3.8) is 0 Å². The first-order valence-electron chi connectivity index (χ1n) is 4.87. The molecule has 3 nitrogen and oxygen atoms in total. The van der Waals surface area contributed by atoms with E-state index in [1.807, 2.05) is 0 Å². The lowest BCUT2D eigenvalue weighted by atomic mass is 10.1. The van der Waals surface area contributed by atoms with E-state index >= 15 is 0 Å². The average Bonchev–Trinajstić information content (AvgIpc) is 2.23. The van der Waals surface area contributed by atoms with Crippen LogP contribution in [0.5, 0.6) is 5.75 Å². The number of aryl methyl sites for hydroxylation is 1. The molecule has 0 aliphatic rings. The molecule has 16 heavy (non-hydrogen) atoms. The third-order valence-electron chi connectivity index (χ3n) is 2.03. The summed E-state index contributed by atoms with van der Waals surface area (Å²) < 4.78 is 18.8. The number of carboxylic acid groups (broad SMARTS) is 1. The van der Waals surface area contributed by atoms with E-state index in [0.717, 1.165) is 0 Å². The second kappa shape index (κ2) is 5.70. The second-order valence-electron chi connectivity index (χ2n) is 3.18. The number of ether oxygens (including phenoxy) is 1. The highest BCUT2D eigenvalue weighted by molar-refractivity contribution is 6.32. The predicted octanol–water partition coefficient (Wildman–Crippen LogP) is 2.90. The van der Waals surface area contributed by atoms with Gasteiger partial charge in [0.1, 0.15) is 0 Å². The maximum atomic E-state index is 13.8. The molecule has 1 aromatic rings. The van der Waals surface area contributed by atoms with E-state index in [4.69, 9.17) is 21.4 Å². The smallest absolute Gasteiger partial charge is 0.303 e. The summed E-state index contributed by atoms with van der Waals surface area (Å²) in [4.78, 5) is 10.4. The van der Waals surface area contributed by atoms with Gasteiger partial charge in [-0.2, -0.15) is 0 Å². The molecule has 0 radical (unpaired) electrons. The van der Waals surface area contributed by atoms with E-state index in [0.29, 0.717) is 12.2 Å². The quantitative estimate of drug-likeness (QED) is 0.869. The first-order chi connectivity index (χ1) is 7.56. The Morgan fingerprint density at radius 3 is 2.81 bits per heavy atom. The normalized spacial score (nSPS) is 10.2. The summed E-state index contributed by atoms with van der Waals surface area (Å²) in [6.07, 6.45) is 0.00251. The van der Waals surface area contributed by atoms with Gasteiger partial charge in [0, 0.05) is 6.42 Å². The van der Waals surface area contributed by atoms with Crippen molar-refractivity contribution in [3.05, 3.63) is 28.5 Å². The summed E-state index contributed by atoms with van der Waals surface area (Å²) >= 11 is 5.76. The van der Waals surface area contributed by atoms with Gasteiger partial charge in [0.25, 0.3) is 0 Å². The molecule has 88 valence electrons. The Morgan fingerprint density at radius 1 is 1.56 bits per heavy atom. The maximum absolute atomic E-state index is 13.8. The Labute approximate surface area is 97.8 Å². The van der Waals surface area contributed by atoms with Gasteiger partial charge in [-0.05, 0) is 25.0 Å². The van der Waals surface area contributed by atoms with Crippen LogP contribution >= 0.6 is 11.6 Å². The summed E-state index contributed by atoms with van der Waals surface area (Å²) in [6, 6.07) is 2.98. The van der Waals surface area contributed by atoms with Crippen molar-refractivity contribution < 1.29 is 19.0 Å². The third kappa shape index (κ3) is 3.10. The van der Waals surface area contributed by atoms with E-state index in [9.17, 15) is 9.18 Å². The van der Waals surface area contributed by atoms with E-state index < -0.39 is 11.8 Å². The lowest BCUT2D eigenvalue weighted by Crippen LogP contribution is -2.02. The number of rotatable bonds is 5. The van der Waals surface area contributed by atoms with Crippen LogP contribution in [0.2, 0.25) is 5.02 Å². The molecule has 1 aromatic carbocycles. The predicted molar refractivity (Wildman–Crippen MR) is 58.5 cm³/mol. The summed E-state index contributed by atoms with van der Waals surface area (Å²) in [5.41, 5.74) is 0.301. The Balaban J connectivity index is 2.94. The number of hydrogen-bond donors (Lipinski definition) is 1. The second-order valence-corrected chi connectivity index (χ2v) is 3.58. The summed E-state index contributed by atoms with van der Waals surface area (Å²) in [5, 5.41) is 8.71. The number of aliphatic carboxylic acids is 1. The maximum Gasteiger partial charge on any atom is 0.303 e. The minimum atomic E-state index is -0.965. The van der Waals surface area contributed by atoms with Crippen LogP contribution in [-0.2, 0) is 11.2 Å². The number of halogens is 2. The van der Waals surface area contributed by atoms with Crippen molar-refractivity contribution in [1.82, 2.24) is 0 Å². The number of hydrogen-bond acceptors (Lipinski definition) is 2. The van der Waals surface area contributed by atoms with Crippen molar-refractivity contribution in [3.8, 4) is 5.75 Å². The van der Waals surface area contributed by atoms with E-state index in [-0.39, 0.29) is 23.6 Å². The number of carbonyl (C=O) groups is 1. The third-order valence-corrected chi connectivity index (χ3v) is 2.32. The summed E-state index contributed by atoms with van der Waals surface area (Å²) in [6.45, 7) is 2.03. The highest BCUT2D eigenvalue weighted by atomic mass is 35.5. The van der Waals surface area contributed by atoms with Crippen LogP contribution in [0, 0.1) is 5.82 Å². The van der Waals surface area contributed by atoms with Gasteiger partial charge in [-0.1, -0.05) is 17.7 Å². The molecule has 0 saturated heterocycles. The Hall–Kier alpha value is -1.29. The lowest BCUT2D eigenvalue weighted by Gasteiger charge is -2.10. The molecule has 0 saturated carbocycles. The first-order valence-corrected chi connectivity index (χ1v) is 5.25. The monoisotopic (exact) mass is 246 g/mol. The van der Waals surface area contributed by atoms with Gasteiger partial charge in [0.15, 0.2) is 11.6 Å². The Morgan fingerprint density at radius 2 is 2.25 bits per heavy atom. The molecular weight excluding hydrogens is 235 g/mol. The van der Waals surface area contributed by atoms with Crippen LogP contribution in [0.1, 0.15) is 18.9 Å². The van der Waals surface area contributed by atoms with Crippen molar-refractivity contribution >= 4 is 17.6 Å². The molecule has 0 unspecified atom stereocenters. The number of benzene rings is 1. The zero-order valence-corrected chi connectivity index (χ0v) is 9.55. The minimum absolute atomic E-state index is 0.00736. The fraction of sp³-hybridized carbons (Fsp3) is 0.364. The molecule has 0 aliphatic heterocycles. The van der Waals surface area contributed by atoms with Crippen LogP contribution < -0.4 is 4.74 Å². The van der Waals surface area contributed by atoms with Crippen molar-refractivity contribution in [1.29, 1.82) is 0 Å². The SMILES string of the molecule is CCOc1c(Cl)ccc(CCC(=O)O)c1F. The standard InChI is InChI=1S/C11H12ClFO3/c1-2-16-11-8(12)5-3-7(10(11)13)4-6-9(14)15/h3,5H,2,4,6H2,1H3,(H,14,15). The van der Waals surface area contributed by atoms with E-state index in [2.05, 4.69) is 0 Å². The van der Waals surface area contributed by atoms with Gasteiger partial charge in [-0.25, -0.2) is 4.39 Å². The van der Waals surface area contributed by atoms with Crippen LogP contribution in [0.15, 0.2) is 12.1 Å². The molecule has 0 aromatic heterocycles. The molecule has 0 spiro atoms. The highest BCUT2D eigenvalue weighted by Gasteiger charge is 2.14. The van der Waals surface area contributed by atoms with E-state index in [1.54, 1.807) is 6.92 Å². The zero-order valence-electron chi connectivity index (χ0n) is 8.80. The molecule has 0 aliphatic carbocycles. The van der Waals surface area contributed by atoms with E-state index in [1.165, 1.54) is 12.1 Å². The lowest BCUT2D eigenvalue weighted by molar-refractivity contribution is -0.136. The molecule has 0 atom stereocenters. The van der Waals surface area contributed by atoms with Gasteiger partial charge in [0.05, 0.1) is 11.6 Å². The fourth-order valence-corrected chi connectivity index (χ4v) is 1.49. The van der Waals surface area contributed by atoms with Gasteiger partial charge in [-0.15, -0.1) is 0 Å². The molecule has 1 N–H and O–H groups in total. The first kappa shape index (κ1) is 12.8. The van der Waals surface area contributed by atoms with Gasteiger partial charge >= 0.3 is 5.97 Å².